The van der Waals surface area contributed by atoms with E-state index in [1.807, 2.05) is 0 Å². The van der Waals surface area contributed by atoms with E-state index in [4.69, 9.17) is 14.2 Å². The van der Waals surface area contributed by atoms with Crippen LogP contribution in [0.4, 0.5) is 0 Å². The van der Waals surface area contributed by atoms with Crippen molar-refractivity contribution < 1.29 is 28.6 Å². The fraction of sp³-hybridized carbons (Fsp3) is 0.761. The molecule has 0 fully saturated rings. The lowest BCUT2D eigenvalue weighted by Gasteiger charge is -2.18. The largest absolute Gasteiger partial charge is 0.462 e. The minimum atomic E-state index is -0.789. The summed E-state index contributed by atoms with van der Waals surface area (Å²) in [5.41, 5.74) is 0. The highest BCUT2D eigenvalue weighted by atomic mass is 16.6. The molecule has 0 aromatic heterocycles. The maximum Gasteiger partial charge on any atom is 0.306 e. The van der Waals surface area contributed by atoms with Gasteiger partial charge in [-0.25, -0.2) is 0 Å². The number of hydrogen-bond acceptors (Lipinski definition) is 6. The molecule has 0 heterocycles. The Hall–Kier alpha value is -3.41. The molecular formula is C71H124O6. The molecule has 0 aliphatic rings. The van der Waals surface area contributed by atoms with E-state index in [2.05, 4.69) is 106 Å². The monoisotopic (exact) mass is 1070 g/mol. The second kappa shape index (κ2) is 65.1. The Balaban J connectivity index is 4.29. The van der Waals surface area contributed by atoms with Crippen LogP contribution in [-0.2, 0) is 28.6 Å². The van der Waals surface area contributed by atoms with Crippen LogP contribution in [0.1, 0.15) is 329 Å². The van der Waals surface area contributed by atoms with Crippen LogP contribution in [0.25, 0.3) is 0 Å². The zero-order valence-corrected chi connectivity index (χ0v) is 51.0. The lowest BCUT2D eigenvalue weighted by Crippen LogP contribution is -2.30. The Bertz CT molecular complexity index is 1470. The maximum atomic E-state index is 12.9. The molecular weight excluding hydrogens is 949 g/mol. The quantitative estimate of drug-likeness (QED) is 0.0261. The van der Waals surface area contributed by atoms with Gasteiger partial charge in [0, 0.05) is 19.3 Å². The molecule has 0 saturated carbocycles. The summed E-state index contributed by atoms with van der Waals surface area (Å²) in [6.07, 6.45) is 85.9. The molecule has 0 aromatic rings. The van der Waals surface area contributed by atoms with E-state index in [9.17, 15) is 14.4 Å². The number of carbonyl (C=O) groups excluding carboxylic acids is 3. The standard InChI is InChI=1S/C71H124O6/c1-4-7-10-13-16-19-22-25-28-30-31-32-33-34-35-36-37-38-39-41-43-46-49-52-55-58-61-64-70(73)76-67-68(66-75-69(72)63-60-57-54-51-48-45-42-27-24-21-18-15-12-9-6-3)77-71(74)65-62-59-56-53-50-47-44-40-29-26-23-20-17-14-11-8-5-2/h8,11,17-18,20-22,25-27,29-31,42,68H,4-7,9-10,12-16,19,23-24,28,32-41,43-67H2,1-3H3/b11-8-,20-17-,21-18-,25-22-,29-26-,31-30-,42-27-. The number of rotatable bonds is 60. The minimum Gasteiger partial charge on any atom is -0.462 e. The van der Waals surface area contributed by atoms with Gasteiger partial charge in [0.2, 0.25) is 0 Å². The molecule has 1 unspecified atom stereocenters. The highest BCUT2D eigenvalue weighted by Gasteiger charge is 2.19. The molecule has 0 spiro atoms. The highest BCUT2D eigenvalue weighted by Crippen LogP contribution is 2.17. The summed E-state index contributed by atoms with van der Waals surface area (Å²) in [6, 6.07) is 0. The number of esters is 3. The van der Waals surface area contributed by atoms with Gasteiger partial charge < -0.3 is 14.2 Å². The normalized spacial score (nSPS) is 12.6. The number of carbonyl (C=O) groups is 3. The van der Waals surface area contributed by atoms with Crippen molar-refractivity contribution in [2.45, 2.75) is 335 Å². The Labute approximate surface area is 477 Å². The Morgan fingerprint density at radius 1 is 0.273 bits per heavy atom. The van der Waals surface area contributed by atoms with E-state index >= 15 is 0 Å². The van der Waals surface area contributed by atoms with Gasteiger partial charge in [0.1, 0.15) is 13.2 Å². The fourth-order valence-corrected chi connectivity index (χ4v) is 9.40. The smallest absolute Gasteiger partial charge is 0.306 e. The molecule has 0 bridgehead atoms. The molecule has 0 aromatic carbocycles. The van der Waals surface area contributed by atoms with E-state index in [1.54, 1.807) is 0 Å². The van der Waals surface area contributed by atoms with Crippen LogP contribution in [-0.4, -0.2) is 37.2 Å². The van der Waals surface area contributed by atoms with Crippen LogP contribution < -0.4 is 0 Å². The SMILES string of the molecule is CC/C=C\C/C=C\C/C=C\CCCCCCCCCC(=O)OC(COC(=O)CCCCCCC/C=C\C/C=C\CCCCC)COC(=O)CCCCCCCCCCCCCCCCC/C=C\C/C=C\CCCCCCC. The van der Waals surface area contributed by atoms with E-state index in [0.717, 1.165) is 109 Å². The first-order valence-corrected chi connectivity index (χ1v) is 33.1. The van der Waals surface area contributed by atoms with Crippen molar-refractivity contribution >= 4 is 17.9 Å². The van der Waals surface area contributed by atoms with Gasteiger partial charge in [-0.05, 0) is 116 Å². The van der Waals surface area contributed by atoms with Gasteiger partial charge in [-0.2, -0.15) is 0 Å². The van der Waals surface area contributed by atoms with E-state index in [1.165, 1.54) is 180 Å². The Kier molecular flexibility index (Phi) is 62.2. The van der Waals surface area contributed by atoms with Crippen LogP contribution in [0.5, 0.6) is 0 Å². The van der Waals surface area contributed by atoms with Crippen molar-refractivity contribution in [1.29, 1.82) is 0 Å². The third kappa shape index (κ3) is 63.3. The van der Waals surface area contributed by atoms with Gasteiger partial charge in [-0.3, -0.25) is 14.4 Å². The maximum absolute atomic E-state index is 12.9. The zero-order valence-electron chi connectivity index (χ0n) is 51.0. The summed E-state index contributed by atoms with van der Waals surface area (Å²) in [5, 5.41) is 0. The Morgan fingerprint density at radius 3 is 0.818 bits per heavy atom. The van der Waals surface area contributed by atoms with Crippen LogP contribution in [0.15, 0.2) is 85.1 Å². The first-order chi connectivity index (χ1) is 38.0. The minimum absolute atomic E-state index is 0.0836. The number of ether oxygens (including phenoxy) is 3. The molecule has 0 N–H and O–H groups in total. The van der Waals surface area contributed by atoms with Crippen molar-refractivity contribution in [3.63, 3.8) is 0 Å². The molecule has 0 aliphatic carbocycles. The molecule has 6 nitrogen and oxygen atoms in total. The van der Waals surface area contributed by atoms with Gasteiger partial charge in [0.15, 0.2) is 6.10 Å². The summed E-state index contributed by atoms with van der Waals surface area (Å²) in [6.45, 7) is 6.51. The molecule has 0 rings (SSSR count). The van der Waals surface area contributed by atoms with Gasteiger partial charge in [-0.15, -0.1) is 0 Å². The van der Waals surface area contributed by atoms with Crippen LogP contribution in [0.3, 0.4) is 0 Å². The van der Waals surface area contributed by atoms with Gasteiger partial charge >= 0.3 is 17.9 Å². The van der Waals surface area contributed by atoms with Crippen LogP contribution in [0, 0.1) is 0 Å². The third-order valence-corrected chi connectivity index (χ3v) is 14.4. The third-order valence-electron chi connectivity index (χ3n) is 14.4. The van der Waals surface area contributed by atoms with E-state index < -0.39 is 6.10 Å². The first-order valence-electron chi connectivity index (χ1n) is 33.1. The molecule has 444 valence electrons. The lowest BCUT2D eigenvalue weighted by atomic mass is 10.0. The zero-order chi connectivity index (χ0) is 55.7. The summed E-state index contributed by atoms with van der Waals surface area (Å²) >= 11 is 0. The molecule has 0 saturated heterocycles. The molecule has 0 aliphatic heterocycles. The topological polar surface area (TPSA) is 78.9 Å². The van der Waals surface area contributed by atoms with Crippen molar-refractivity contribution in [2.24, 2.45) is 0 Å². The number of allylic oxidation sites excluding steroid dienone is 14. The Morgan fingerprint density at radius 2 is 0.506 bits per heavy atom. The first kappa shape index (κ1) is 73.6. The second-order valence-corrected chi connectivity index (χ2v) is 22.0. The average molecular weight is 1070 g/mol. The van der Waals surface area contributed by atoms with Crippen molar-refractivity contribution in [3.8, 4) is 0 Å². The van der Waals surface area contributed by atoms with E-state index in [0.29, 0.717) is 19.3 Å². The van der Waals surface area contributed by atoms with Gasteiger partial charge in [-0.1, -0.05) is 279 Å². The van der Waals surface area contributed by atoms with Crippen LogP contribution in [0.2, 0.25) is 0 Å². The molecule has 0 amide bonds. The summed E-state index contributed by atoms with van der Waals surface area (Å²) < 4.78 is 16.9. The number of unbranched alkanes of at least 4 members (excludes halogenated alkanes) is 35. The van der Waals surface area contributed by atoms with Crippen LogP contribution >= 0.6 is 0 Å². The summed E-state index contributed by atoms with van der Waals surface area (Å²) in [7, 11) is 0. The summed E-state index contributed by atoms with van der Waals surface area (Å²) in [4.78, 5) is 38.3. The van der Waals surface area contributed by atoms with Crippen molar-refractivity contribution in [1.82, 2.24) is 0 Å². The van der Waals surface area contributed by atoms with Crippen molar-refractivity contribution in [3.05, 3.63) is 85.1 Å². The molecule has 0 radical (unpaired) electrons. The summed E-state index contributed by atoms with van der Waals surface area (Å²) in [5.74, 6) is -0.895. The predicted molar refractivity (Wildman–Crippen MR) is 334 cm³/mol. The predicted octanol–water partition coefficient (Wildman–Crippen LogP) is 22.7. The molecule has 6 heteroatoms. The molecule has 77 heavy (non-hydrogen) atoms. The lowest BCUT2D eigenvalue weighted by molar-refractivity contribution is -0.167. The number of hydrogen-bond donors (Lipinski definition) is 0. The molecule has 1 atom stereocenters. The second-order valence-electron chi connectivity index (χ2n) is 22.0. The average Bonchev–Trinajstić information content (AvgIpc) is 3.43. The highest BCUT2D eigenvalue weighted by molar-refractivity contribution is 5.71. The van der Waals surface area contributed by atoms with Gasteiger partial charge in [0.25, 0.3) is 0 Å². The van der Waals surface area contributed by atoms with Gasteiger partial charge in [0.05, 0.1) is 0 Å². The fourth-order valence-electron chi connectivity index (χ4n) is 9.40. The van der Waals surface area contributed by atoms with Crippen molar-refractivity contribution in [2.75, 3.05) is 13.2 Å². The van der Waals surface area contributed by atoms with E-state index in [-0.39, 0.29) is 31.1 Å².